The number of furan rings is 1. The molecule has 0 saturated carbocycles. The van der Waals surface area contributed by atoms with Gasteiger partial charge in [-0.05, 0) is 26.0 Å². The van der Waals surface area contributed by atoms with E-state index in [-0.39, 0.29) is 24.6 Å². The third kappa shape index (κ3) is 2.75. The Bertz CT molecular complexity index is 1170. The van der Waals surface area contributed by atoms with Crippen LogP contribution in [0, 0.1) is 13.8 Å². The number of hydrogen-bond acceptors (Lipinski definition) is 6. The van der Waals surface area contributed by atoms with Crippen LogP contribution in [0.4, 0.5) is 0 Å². The number of hydrogen-bond donors (Lipinski definition) is 1. The van der Waals surface area contributed by atoms with Crippen LogP contribution in [0.25, 0.3) is 22.1 Å². The molecule has 8 heteroatoms. The molecule has 0 bridgehead atoms. The average molecular weight is 352 g/mol. The first-order chi connectivity index (χ1) is 12.5. The molecule has 132 valence electrons. The van der Waals surface area contributed by atoms with Gasteiger partial charge in [0.15, 0.2) is 0 Å². The summed E-state index contributed by atoms with van der Waals surface area (Å²) >= 11 is 0. The summed E-state index contributed by atoms with van der Waals surface area (Å²) < 4.78 is 12.2. The Labute approximate surface area is 147 Å². The van der Waals surface area contributed by atoms with E-state index in [9.17, 15) is 9.59 Å². The fourth-order valence-electron chi connectivity index (χ4n) is 2.73. The van der Waals surface area contributed by atoms with Crippen LogP contribution in [0.5, 0.6) is 0 Å². The molecule has 0 saturated heterocycles. The molecular formula is C18H16N4O4. The lowest BCUT2D eigenvalue weighted by atomic mass is 10.2. The third-order valence-electron chi connectivity index (χ3n) is 4.17. The lowest BCUT2D eigenvalue weighted by Gasteiger charge is -2.05. The zero-order valence-corrected chi connectivity index (χ0v) is 14.3. The number of oxazole rings is 1. The second kappa shape index (κ2) is 6.14. The van der Waals surface area contributed by atoms with Gasteiger partial charge in [-0.2, -0.15) is 0 Å². The van der Waals surface area contributed by atoms with Crippen LogP contribution in [0.15, 0.2) is 44.2 Å². The first-order valence-corrected chi connectivity index (χ1v) is 8.09. The van der Waals surface area contributed by atoms with Crippen molar-refractivity contribution in [2.45, 2.75) is 26.9 Å². The minimum Gasteiger partial charge on any atom is -0.448 e. The highest BCUT2D eigenvalue weighted by Crippen LogP contribution is 2.23. The fourth-order valence-corrected chi connectivity index (χ4v) is 2.73. The van der Waals surface area contributed by atoms with Crippen LogP contribution in [-0.4, -0.2) is 20.4 Å². The average Bonchev–Trinajstić information content (AvgIpc) is 3.16. The predicted octanol–water partition coefficient (Wildman–Crippen LogP) is 2.06. The number of aryl methyl sites for hydroxylation is 2. The Kier molecular flexibility index (Phi) is 3.80. The Morgan fingerprint density at radius 3 is 2.81 bits per heavy atom. The van der Waals surface area contributed by atoms with Gasteiger partial charge in [-0.25, -0.2) is 9.97 Å². The maximum atomic E-state index is 12.6. The zero-order valence-electron chi connectivity index (χ0n) is 14.3. The van der Waals surface area contributed by atoms with Crippen LogP contribution >= 0.6 is 0 Å². The van der Waals surface area contributed by atoms with Crippen LogP contribution in [-0.2, 0) is 17.9 Å². The first kappa shape index (κ1) is 16.1. The second-order valence-electron chi connectivity index (χ2n) is 5.98. The summed E-state index contributed by atoms with van der Waals surface area (Å²) in [5, 5.41) is 3.45. The van der Waals surface area contributed by atoms with E-state index in [1.165, 1.54) is 10.9 Å². The van der Waals surface area contributed by atoms with Gasteiger partial charge >= 0.3 is 0 Å². The molecule has 0 unspecified atom stereocenters. The number of carbonyl (C=O) groups is 1. The molecule has 3 aromatic heterocycles. The molecule has 0 aliphatic carbocycles. The van der Waals surface area contributed by atoms with Crippen molar-refractivity contribution in [3.8, 4) is 0 Å². The molecule has 3 heterocycles. The molecule has 0 spiro atoms. The molecule has 0 aliphatic heterocycles. The molecule has 1 N–H and O–H groups in total. The molecule has 0 fully saturated rings. The molecule has 26 heavy (non-hydrogen) atoms. The summed E-state index contributed by atoms with van der Waals surface area (Å²) in [4.78, 5) is 33.2. The number of rotatable bonds is 4. The Balaban J connectivity index is 1.55. The van der Waals surface area contributed by atoms with E-state index in [2.05, 4.69) is 15.3 Å². The maximum Gasteiger partial charge on any atom is 0.297 e. The summed E-state index contributed by atoms with van der Waals surface area (Å²) in [7, 11) is 0. The predicted molar refractivity (Wildman–Crippen MR) is 93.6 cm³/mol. The van der Waals surface area contributed by atoms with Crippen molar-refractivity contribution < 1.29 is 13.6 Å². The number of nitrogens with zero attached hydrogens (tertiary/aromatic N) is 3. The topological polar surface area (TPSA) is 103 Å². The van der Waals surface area contributed by atoms with Gasteiger partial charge in [-0.1, -0.05) is 12.1 Å². The first-order valence-electron chi connectivity index (χ1n) is 8.09. The minimum atomic E-state index is -0.399. The summed E-state index contributed by atoms with van der Waals surface area (Å²) in [6.07, 6.45) is 1.35. The van der Waals surface area contributed by atoms with Gasteiger partial charge < -0.3 is 14.2 Å². The highest BCUT2D eigenvalue weighted by Gasteiger charge is 2.15. The monoisotopic (exact) mass is 352 g/mol. The smallest absolute Gasteiger partial charge is 0.297 e. The van der Waals surface area contributed by atoms with Crippen molar-refractivity contribution in [3.63, 3.8) is 0 Å². The largest absolute Gasteiger partial charge is 0.448 e. The normalized spacial score (nSPS) is 11.3. The highest BCUT2D eigenvalue weighted by atomic mass is 16.4. The van der Waals surface area contributed by atoms with Crippen molar-refractivity contribution in [1.82, 2.24) is 19.9 Å². The summed E-state index contributed by atoms with van der Waals surface area (Å²) in [5.74, 6) is 0.787. The quantitative estimate of drug-likeness (QED) is 0.603. The number of amides is 1. The number of nitrogens with one attached hydrogen (secondary N) is 1. The Morgan fingerprint density at radius 1 is 1.23 bits per heavy atom. The molecule has 1 amide bonds. The lowest BCUT2D eigenvalue weighted by molar-refractivity contribution is -0.122. The molecule has 4 rings (SSSR count). The molecule has 0 atom stereocenters. The molecule has 0 radical (unpaired) electrons. The van der Waals surface area contributed by atoms with Gasteiger partial charge in [0.05, 0.1) is 18.6 Å². The van der Waals surface area contributed by atoms with Crippen molar-refractivity contribution in [1.29, 1.82) is 0 Å². The summed E-state index contributed by atoms with van der Waals surface area (Å²) in [6.45, 7) is 3.62. The Hall–Kier alpha value is -3.42. The third-order valence-corrected chi connectivity index (χ3v) is 4.17. The van der Waals surface area contributed by atoms with E-state index < -0.39 is 5.56 Å². The lowest BCUT2D eigenvalue weighted by Crippen LogP contribution is -2.32. The molecule has 8 nitrogen and oxygen atoms in total. The van der Waals surface area contributed by atoms with Crippen LogP contribution in [0.1, 0.15) is 17.3 Å². The van der Waals surface area contributed by atoms with Gasteiger partial charge in [-0.15, -0.1) is 0 Å². The summed E-state index contributed by atoms with van der Waals surface area (Å²) in [6, 6.07) is 7.28. The van der Waals surface area contributed by atoms with Gasteiger partial charge in [0.25, 0.3) is 5.56 Å². The number of benzene rings is 1. The molecule has 1 aromatic carbocycles. The molecule has 4 aromatic rings. The van der Waals surface area contributed by atoms with E-state index in [4.69, 9.17) is 8.83 Å². The van der Waals surface area contributed by atoms with Gasteiger partial charge in [0.1, 0.15) is 23.4 Å². The van der Waals surface area contributed by atoms with Crippen molar-refractivity contribution >= 4 is 28.0 Å². The van der Waals surface area contributed by atoms with E-state index in [0.29, 0.717) is 22.8 Å². The van der Waals surface area contributed by atoms with E-state index in [0.717, 1.165) is 11.1 Å². The molecule has 0 aliphatic rings. The van der Waals surface area contributed by atoms with Crippen molar-refractivity contribution in [3.05, 3.63) is 58.3 Å². The second-order valence-corrected chi connectivity index (χ2v) is 5.98. The van der Waals surface area contributed by atoms with Crippen molar-refractivity contribution in [2.75, 3.05) is 0 Å². The number of para-hydroxylation sites is 1. The van der Waals surface area contributed by atoms with Crippen LogP contribution < -0.4 is 10.9 Å². The van der Waals surface area contributed by atoms with E-state index in [1.807, 2.05) is 25.1 Å². The van der Waals surface area contributed by atoms with Gasteiger partial charge in [0.2, 0.25) is 17.4 Å². The van der Waals surface area contributed by atoms with Crippen LogP contribution in [0.3, 0.4) is 0 Å². The van der Waals surface area contributed by atoms with Gasteiger partial charge in [-0.3, -0.25) is 14.2 Å². The number of carbonyl (C=O) groups excluding carboxylic acids is 1. The van der Waals surface area contributed by atoms with Crippen molar-refractivity contribution in [2.24, 2.45) is 0 Å². The maximum absolute atomic E-state index is 12.6. The zero-order chi connectivity index (χ0) is 18.3. The van der Waals surface area contributed by atoms with Crippen LogP contribution in [0.2, 0.25) is 0 Å². The molecular weight excluding hydrogens is 336 g/mol. The van der Waals surface area contributed by atoms with E-state index >= 15 is 0 Å². The van der Waals surface area contributed by atoms with E-state index in [1.54, 1.807) is 13.0 Å². The fraction of sp³-hybridized carbons (Fsp3) is 0.222. The highest BCUT2D eigenvalue weighted by molar-refractivity contribution is 6.01. The Morgan fingerprint density at radius 2 is 2.04 bits per heavy atom. The SMILES string of the molecule is Cc1nc(CNC(=O)Cn2cnc3c(oc4ccccc43)c2=O)oc1C. The van der Waals surface area contributed by atoms with Gasteiger partial charge in [0, 0.05) is 5.39 Å². The minimum absolute atomic E-state index is 0.139. The number of aromatic nitrogens is 3. The summed E-state index contributed by atoms with van der Waals surface area (Å²) in [5.41, 5.74) is 1.60. The number of fused-ring (bicyclic) bond motifs is 3. The standard InChI is InChI=1S/C18H16N4O4/c1-10-11(2)25-15(21-10)7-19-14(23)8-22-9-20-16-12-5-3-4-6-13(12)26-17(16)18(22)24/h3-6,9H,7-8H2,1-2H3,(H,19,23).